The van der Waals surface area contributed by atoms with Crippen molar-refractivity contribution in [2.24, 2.45) is 0 Å². The van der Waals surface area contributed by atoms with E-state index in [9.17, 15) is 8.42 Å². The summed E-state index contributed by atoms with van der Waals surface area (Å²) in [6, 6.07) is 11.1. The summed E-state index contributed by atoms with van der Waals surface area (Å²) < 4.78 is 27.1. The zero-order chi connectivity index (χ0) is 14.8. The number of halogens is 1. The van der Waals surface area contributed by atoms with E-state index < -0.39 is 10.0 Å². The van der Waals surface area contributed by atoms with Gasteiger partial charge < -0.3 is 5.11 Å². The fourth-order valence-corrected chi connectivity index (χ4v) is 3.14. The molecule has 4 nitrogen and oxygen atoms in total. The minimum atomic E-state index is -3.70. The largest absolute Gasteiger partial charge is 0.392 e. The molecule has 0 aromatic heterocycles. The summed E-state index contributed by atoms with van der Waals surface area (Å²) in [5, 5.41) is 9.47. The topological polar surface area (TPSA) is 66.4 Å². The van der Waals surface area contributed by atoms with Crippen molar-refractivity contribution in [3.8, 4) is 0 Å². The Kier molecular flexibility index (Phi) is 4.32. The van der Waals surface area contributed by atoms with Crippen LogP contribution in [0, 0.1) is 6.92 Å². The number of nitrogens with one attached hydrogen (secondary N) is 1. The number of sulfonamides is 1. The van der Waals surface area contributed by atoms with Crippen LogP contribution in [0.5, 0.6) is 0 Å². The Morgan fingerprint density at radius 1 is 1.20 bits per heavy atom. The van der Waals surface area contributed by atoms with Gasteiger partial charge in [0.2, 0.25) is 0 Å². The molecule has 0 aliphatic rings. The SMILES string of the molecule is Cc1ccc(CO)cc1NS(=O)(=O)c1cccc(Cl)c1. The predicted molar refractivity (Wildman–Crippen MR) is 79.4 cm³/mol. The summed E-state index contributed by atoms with van der Waals surface area (Å²) in [6.45, 7) is 1.64. The van der Waals surface area contributed by atoms with Crippen molar-refractivity contribution in [1.29, 1.82) is 0 Å². The molecule has 0 unspecified atom stereocenters. The second-order valence-electron chi connectivity index (χ2n) is 4.37. The van der Waals surface area contributed by atoms with Crippen LogP contribution in [-0.2, 0) is 16.6 Å². The van der Waals surface area contributed by atoms with Crippen LogP contribution in [0.15, 0.2) is 47.4 Å². The van der Waals surface area contributed by atoms with E-state index in [1.807, 2.05) is 0 Å². The molecule has 6 heteroatoms. The lowest BCUT2D eigenvalue weighted by atomic mass is 10.1. The molecular formula is C14H14ClNO3S. The van der Waals surface area contributed by atoms with E-state index in [1.165, 1.54) is 12.1 Å². The van der Waals surface area contributed by atoms with E-state index in [-0.39, 0.29) is 11.5 Å². The van der Waals surface area contributed by atoms with E-state index in [0.717, 1.165) is 5.56 Å². The van der Waals surface area contributed by atoms with Gasteiger partial charge in [-0.2, -0.15) is 0 Å². The first-order valence-corrected chi connectivity index (χ1v) is 7.77. The second-order valence-corrected chi connectivity index (χ2v) is 6.49. The van der Waals surface area contributed by atoms with Crippen LogP contribution in [0.3, 0.4) is 0 Å². The maximum atomic E-state index is 12.3. The molecule has 2 rings (SSSR count). The molecule has 0 radical (unpaired) electrons. The highest BCUT2D eigenvalue weighted by Crippen LogP contribution is 2.22. The lowest BCUT2D eigenvalue weighted by Crippen LogP contribution is -2.14. The maximum Gasteiger partial charge on any atom is 0.261 e. The molecule has 0 saturated carbocycles. The van der Waals surface area contributed by atoms with Crippen molar-refractivity contribution in [1.82, 2.24) is 0 Å². The lowest BCUT2D eigenvalue weighted by molar-refractivity contribution is 0.282. The van der Waals surface area contributed by atoms with Crippen LogP contribution in [0.4, 0.5) is 5.69 Å². The molecule has 0 amide bonds. The number of anilines is 1. The molecule has 2 aromatic rings. The second kappa shape index (κ2) is 5.83. The molecule has 0 atom stereocenters. The Morgan fingerprint density at radius 2 is 1.95 bits per heavy atom. The Balaban J connectivity index is 2.38. The Labute approximate surface area is 123 Å². The van der Waals surface area contributed by atoms with Gasteiger partial charge in [0.05, 0.1) is 17.2 Å². The number of aliphatic hydroxyl groups is 1. The third-order valence-electron chi connectivity index (χ3n) is 2.84. The Bertz CT molecular complexity index is 729. The number of rotatable bonds is 4. The summed E-state index contributed by atoms with van der Waals surface area (Å²) in [4.78, 5) is 0.0961. The summed E-state index contributed by atoms with van der Waals surface area (Å²) >= 11 is 5.81. The normalized spacial score (nSPS) is 11.3. The number of benzene rings is 2. The number of hydrogen-bond acceptors (Lipinski definition) is 3. The van der Waals surface area contributed by atoms with Crippen molar-refractivity contribution in [3.05, 3.63) is 58.6 Å². The molecule has 2 aromatic carbocycles. The van der Waals surface area contributed by atoms with Crippen LogP contribution in [0.1, 0.15) is 11.1 Å². The minimum absolute atomic E-state index is 0.0961. The summed E-state index contributed by atoms with van der Waals surface area (Å²) in [7, 11) is -3.70. The molecule has 0 saturated heterocycles. The quantitative estimate of drug-likeness (QED) is 0.912. The summed E-state index contributed by atoms with van der Waals surface area (Å²) in [5.74, 6) is 0. The van der Waals surface area contributed by atoms with Crippen LogP contribution in [0.2, 0.25) is 5.02 Å². The van der Waals surface area contributed by atoms with Crippen molar-refractivity contribution in [2.45, 2.75) is 18.4 Å². The van der Waals surface area contributed by atoms with E-state index >= 15 is 0 Å². The first-order chi connectivity index (χ1) is 9.42. The molecule has 2 N–H and O–H groups in total. The monoisotopic (exact) mass is 311 g/mol. The highest BCUT2D eigenvalue weighted by atomic mass is 35.5. The first kappa shape index (κ1) is 14.8. The zero-order valence-corrected chi connectivity index (χ0v) is 12.4. The minimum Gasteiger partial charge on any atom is -0.392 e. The predicted octanol–water partition coefficient (Wildman–Crippen LogP) is 2.94. The van der Waals surface area contributed by atoms with Gasteiger partial charge in [0.15, 0.2) is 0 Å². The fourth-order valence-electron chi connectivity index (χ4n) is 1.72. The first-order valence-electron chi connectivity index (χ1n) is 5.91. The molecule has 0 aliphatic carbocycles. The van der Waals surface area contributed by atoms with Crippen molar-refractivity contribution >= 4 is 27.3 Å². The van der Waals surface area contributed by atoms with Gasteiger partial charge in [-0.05, 0) is 42.3 Å². The number of aliphatic hydroxyl groups excluding tert-OH is 1. The van der Waals surface area contributed by atoms with Gasteiger partial charge in [0.25, 0.3) is 10.0 Å². The van der Waals surface area contributed by atoms with Gasteiger partial charge in [-0.25, -0.2) is 8.42 Å². The molecule has 0 heterocycles. The third-order valence-corrected chi connectivity index (χ3v) is 4.43. The molecule has 0 bridgehead atoms. The smallest absolute Gasteiger partial charge is 0.261 e. The van der Waals surface area contributed by atoms with Crippen LogP contribution < -0.4 is 4.72 Å². The van der Waals surface area contributed by atoms with Crippen molar-refractivity contribution < 1.29 is 13.5 Å². The molecule has 20 heavy (non-hydrogen) atoms. The van der Waals surface area contributed by atoms with E-state index in [1.54, 1.807) is 37.3 Å². The van der Waals surface area contributed by atoms with Gasteiger partial charge in [0.1, 0.15) is 0 Å². The van der Waals surface area contributed by atoms with Gasteiger partial charge in [0, 0.05) is 5.02 Å². The number of hydrogen-bond donors (Lipinski definition) is 2. The van der Waals surface area contributed by atoms with Gasteiger partial charge in [-0.1, -0.05) is 29.8 Å². The third kappa shape index (κ3) is 3.30. The highest BCUT2D eigenvalue weighted by Gasteiger charge is 2.15. The summed E-state index contributed by atoms with van der Waals surface area (Å²) in [5.41, 5.74) is 1.85. The lowest BCUT2D eigenvalue weighted by Gasteiger charge is -2.12. The van der Waals surface area contributed by atoms with E-state index in [4.69, 9.17) is 16.7 Å². The van der Waals surface area contributed by atoms with Crippen LogP contribution in [0.25, 0.3) is 0 Å². The average Bonchev–Trinajstić information content (AvgIpc) is 2.41. The molecular weight excluding hydrogens is 298 g/mol. The van der Waals surface area contributed by atoms with Crippen LogP contribution >= 0.6 is 11.6 Å². The Morgan fingerprint density at radius 3 is 2.60 bits per heavy atom. The summed E-state index contributed by atoms with van der Waals surface area (Å²) in [6.07, 6.45) is 0. The van der Waals surface area contributed by atoms with E-state index in [0.29, 0.717) is 16.3 Å². The van der Waals surface area contributed by atoms with E-state index in [2.05, 4.69) is 4.72 Å². The van der Waals surface area contributed by atoms with Gasteiger partial charge in [-0.15, -0.1) is 0 Å². The standard InChI is InChI=1S/C14H14ClNO3S/c1-10-5-6-11(9-17)7-14(10)16-20(18,19)13-4-2-3-12(15)8-13/h2-8,16-17H,9H2,1H3. The zero-order valence-electron chi connectivity index (χ0n) is 10.8. The average molecular weight is 312 g/mol. The molecule has 106 valence electrons. The van der Waals surface area contributed by atoms with Crippen molar-refractivity contribution in [2.75, 3.05) is 4.72 Å². The van der Waals surface area contributed by atoms with Crippen LogP contribution in [-0.4, -0.2) is 13.5 Å². The molecule has 0 fully saturated rings. The maximum absolute atomic E-state index is 12.3. The Hall–Kier alpha value is -1.56. The molecule has 0 aliphatic heterocycles. The molecule has 0 spiro atoms. The van der Waals surface area contributed by atoms with Gasteiger partial charge >= 0.3 is 0 Å². The fraction of sp³-hybridized carbons (Fsp3) is 0.143. The number of aryl methyl sites for hydroxylation is 1. The highest BCUT2D eigenvalue weighted by molar-refractivity contribution is 7.92. The van der Waals surface area contributed by atoms with Crippen molar-refractivity contribution in [3.63, 3.8) is 0 Å². The van der Waals surface area contributed by atoms with Gasteiger partial charge in [-0.3, -0.25) is 4.72 Å².